The van der Waals surface area contributed by atoms with Crippen LogP contribution in [0.2, 0.25) is 0 Å². The third-order valence-corrected chi connectivity index (χ3v) is 7.44. The summed E-state index contributed by atoms with van der Waals surface area (Å²) >= 11 is 1.13. The van der Waals surface area contributed by atoms with Crippen LogP contribution in [0.3, 0.4) is 0 Å². The van der Waals surface area contributed by atoms with Gasteiger partial charge in [-0.3, -0.25) is 9.59 Å². The molecule has 2 amide bonds. The Morgan fingerprint density at radius 1 is 1.21 bits per heavy atom. The summed E-state index contributed by atoms with van der Waals surface area (Å²) in [4.78, 5) is 32.5. The molecule has 0 radical (unpaired) electrons. The van der Waals surface area contributed by atoms with Crippen LogP contribution < -0.4 is 5.32 Å². The molecule has 6 rings (SSSR count). The zero-order valence-electron chi connectivity index (χ0n) is 15.5. The van der Waals surface area contributed by atoms with E-state index in [0.29, 0.717) is 29.8 Å². The summed E-state index contributed by atoms with van der Waals surface area (Å²) in [6.45, 7) is 1.27. The average Bonchev–Trinajstić information content (AvgIpc) is 3.51. The molecule has 0 bridgehead atoms. The molecule has 2 aromatic heterocycles. The Hall–Kier alpha value is -2.29. The minimum absolute atomic E-state index is 0.0164. The third kappa shape index (κ3) is 2.52. The highest BCUT2D eigenvalue weighted by atomic mass is 32.1. The first kappa shape index (κ1) is 16.6. The minimum Gasteiger partial charge on any atom is -0.346 e. The van der Waals surface area contributed by atoms with Gasteiger partial charge in [0.05, 0.1) is 17.8 Å². The number of hydrogen-bond donors (Lipinski definition) is 1. The van der Waals surface area contributed by atoms with E-state index in [0.717, 1.165) is 23.8 Å². The Morgan fingerprint density at radius 2 is 1.96 bits per heavy atom. The fraction of sp³-hybridized carbons (Fsp3) is 0.632. The van der Waals surface area contributed by atoms with Crippen molar-refractivity contribution in [2.75, 3.05) is 13.1 Å². The molecule has 146 valence electrons. The van der Waals surface area contributed by atoms with Crippen LogP contribution in [-0.4, -0.2) is 48.9 Å². The molecule has 9 heteroatoms. The first-order chi connectivity index (χ1) is 13.6. The molecule has 8 nitrogen and oxygen atoms in total. The van der Waals surface area contributed by atoms with Gasteiger partial charge < -0.3 is 14.8 Å². The summed E-state index contributed by atoms with van der Waals surface area (Å²) in [6, 6.07) is -0.0650. The average molecular weight is 398 g/mol. The number of likely N-dealkylation sites (tertiary alicyclic amines) is 1. The smallest absolute Gasteiger partial charge is 0.267 e. The molecule has 1 unspecified atom stereocenters. The van der Waals surface area contributed by atoms with Crippen molar-refractivity contribution in [1.29, 1.82) is 0 Å². The van der Waals surface area contributed by atoms with Crippen LogP contribution in [0, 0.1) is 17.8 Å². The van der Waals surface area contributed by atoms with E-state index in [9.17, 15) is 9.59 Å². The highest BCUT2D eigenvalue weighted by molar-refractivity contribution is 7.07. The fourth-order valence-electron chi connectivity index (χ4n) is 5.16. The number of imidazole rings is 1. The Labute approximate surface area is 166 Å². The predicted molar refractivity (Wildman–Crippen MR) is 100 cm³/mol. The summed E-state index contributed by atoms with van der Waals surface area (Å²) in [7, 11) is 0. The maximum absolute atomic E-state index is 13.0. The largest absolute Gasteiger partial charge is 0.346 e. The number of nitrogens with zero attached hydrogens (tertiary/aromatic N) is 5. The number of aromatic nitrogens is 4. The van der Waals surface area contributed by atoms with Crippen molar-refractivity contribution in [1.82, 2.24) is 29.4 Å². The second kappa shape index (κ2) is 5.85. The quantitative estimate of drug-likeness (QED) is 0.825. The van der Waals surface area contributed by atoms with Gasteiger partial charge in [-0.15, -0.1) is 5.10 Å². The van der Waals surface area contributed by atoms with E-state index >= 15 is 0 Å². The molecule has 4 aliphatic rings. The number of carbonyl (C=O) groups excluding carboxylic acids is 2. The Kier molecular flexibility index (Phi) is 3.48. The molecule has 1 spiro atoms. The van der Waals surface area contributed by atoms with Gasteiger partial charge in [0.25, 0.3) is 5.91 Å². The molecule has 2 aliphatic heterocycles. The van der Waals surface area contributed by atoms with Gasteiger partial charge in [0.1, 0.15) is 10.7 Å². The standard InChI is InChI=1S/C19H22N6O2S/c26-17(15(11-1-2-11)12-3-4-12)22-13-7-19(25-6-5-20-16(13)25)9-24(10-19)18(27)14-8-21-23-28-14/h5-6,8,11-13,15H,1-4,7,9-10H2,(H,22,26). The van der Waals surface area contributed by atoms with Crippen LogP contribution in [0.1, 0.15) is 53.6 Å². The summed E-state index contributed by atoms with van der Waals surface area (Å²) < 4.78 is 5.96. The normalized spacial score (nSPS) is 25.0. The van der Waals surface area contributed by atoms with Crippen LogP contribution in [0.15, 0.2) is 18.6 Å². The summed E-state index contributed by atoms with van der Waals surface area (Å²) in [5.74, 6) is 2.49. The zero-order valence-corrected chi connectivity index (χ0v) is 16.3. The number of amides is 2. The third-order valence-electron chi connectivity index (χ3n) is 6.78. The van der Waals surface area contributed by atoms with Gasteiger partial charge in [-0.2, -0.15) is 0 Å². The second-order valence-corrected chi connectivity index (χ2v) is 9.57. The van der Waals surface area contributed by atoms with Crippen LogP contribution >= 0.6 is 11.5 Å². The van der Waals surface area contributed by atoms with Crippen molar-refractivity contribution in [2.45, 2.75) is 43.7 Å². The number of nitrogens with one attached hydrogen (secondary N) is 1. The van der Waals surface area contributed by atoms with Gasteiger partial charge in [0.15, 0.2) is 0 Å². The number of carbonyl (C=O) groups is 2. The van der Waals surface area contributed by atoms with Gasteiger partial charge in [-0.1, -0.05) is 4.49 Å². The molecule has 1 saturated heterocycles. The molecule has 1 atom stereocenters. The molecule has 1 N–H and O–H groups in total. The van der Waals surface area contributed by atoms with Crippen LogP contribution in [0.25, 0.3) is 0 Å². The lowest BCUT2D eigenvalue weighted by atomic mass is 9.85. The Morgan fingerprint density at radius 3 is 2.61 bits per heavy atom. The van der Waals surface area contributed by atoms with E-state index in [-0.39, 0.29) is 29.3 Å². The van der Waals surface area contributed by atoms with Crippen molar-refractivity contribution < 1.29 is 9.59 Å². The molecule has 4 heterocycles. The molecule has 2 saturated carbocycles. The lowest BCUT2D eigenvalue weighted by Gasteiger charge is -2.48. The lowest BCUT2D eigenvalue weighted by molar-refractivity contribution is -0.127. The van der Waals surface area contributed by atoms with E-state index in [1.807, 2.05) is 11.1 Å². The van der Waals surface area contributed by atoms with Crippen LogP contribution in [0.5, 0.6) is 0 Å². The first-order valence-corrected chi connectivity index (χ1v) is 10.8. The summed E-state index contributed by atoms with van der Waals surface area (Å²) in [5, 5.41) is 7.07. The maximum Gasteiger partial charge on any atom is 0.267 e. The Bertz CT molecular complexity index is 914. The van der Waals surface area contributed by atoms with E-state index in [1.165, 1.54) is 31.9 Å². The summed E-state index contributed by atoms with van der Waals surface area (Å²) in [6.07, 6.45) is 10.9. The number of hydrogen-bond acceptors (Lipinski definition) is 6. The number of rotatable bonds is 5. The first-order valence-electron chi connectivity index (χ1n) is 10.1. The van der Waals surface area contributed by atoms with E-state index in [4.69, 9.17) is 0 Å². The molecule has 2 aliphatic carbocycles. The van der Waals surface area contributed by atoms with E-state index in [2.05, 4.69) is 24.5 Å². The Balaban J connectivity index is 1.17. The predicted octanol–water partition coefficient (Wildman–Crippen LogP) is 1.58. The SMILES string of the molecule is O=C(NC1CC2(CN(C(=O)c3cnns3)C2)n2ccnc21)C(C1CC1)C1CC1. The van der Waals surface area contributed by atoms with Crippen molar-refractivity contribution in [3.63, 3.8) is 0 Å². The summed E-state index contributed by atoms with van der Waals surface area (Å²) in [5.41, 5.74) is -0.161. The fourth-order valence-corrected chi connectivity index (χ4v) is 5.64. The molecule has 0 aromatic carbocycles. The van der Waals surface area contributed by atoms with Crippen LogP contribution in [0.4, 0.5) is 0 Å². The highest BCUT2D eigenvalue weighted by Crippen LogP contribution is 2.50. The monoisotopic (exact) mass is 398 g/mol. The van der Waals surface area contributed by atoms with E-state index in [1.54, 1.807) is 6.20 Å². The maximum atomic E-state index is 13.0. The highest BCUT2D eigenvalue weighted by Gasteiger charge is 2.55. The van der Waals surface area contributed by atoms with Crippen molar-refractivity contribution in [3.05, 3.63) is 29.3 Å². The lowest BCUT2D eigenvalue weighted by Crippen LogP contribution is -2.62. The van der Waals surface area contributed by atoms with Crippen molar-refractivity contribution in [3.8, 4) is 0 Å². The van der Waals surface area contributed by atoms with Gasteiger partial charge in [-0.05, 0) is 49.1 Å². The van der Waals surface area contributed by atoms with Gasteiger partial charge >= 0.3 is 0 Å². The number of fused-ring (bicyclic) bond motifs is 2. The molecular formula is C19H22N6O2S. The molecule has 2 aromatic rings. The van der Waals surface area contributed by atoms with Gasteiger partial charge in [-0.25, -0.2) is 4.98 Å². The van der Waals surface area contributed by atoms with Crippen molar-refractivity contribution >= 4 is 23.3 Å². The van der Waals surface area contributed by atoms with Crippen LogP contribution in [-0.2, 0) is 10.3 Å². The second-order valence-electron chi connectivity index (χ2n) is 8.79. The zero-order chi connectivity index (χ0) is 18.9. The molecule has 3 fully saturated rings. The minimum atomic E-state index is -0.161. The van der Waals surface area contributed by atoms with Crippen molar-refractivity contribution in [2.24, 2.45) is 17.8 Å². The van der Waals surface area contributed by atoms with Gasteiger partial charge in [0, 0.05) is 37.8 Å². The topological polar surface area (TPSA) is 93.0 Å². The van der Waals surface area contributed by atoms with E-state index < -0.39 is 0 Å². The molecular weight excluding hydrogens is 376 g/mol. The molecule has 28 heavy (non-hydrogen) atoms. The van der Waals surface area contributed by atoms with Gasteiger partial charge in [0.2, 0.25) is 5.91 Å².